The molecule has 0 saturated heterocycles. The summed E-state index contributed by atoms with van der Waals surface area (Å²) in [7, 11) is 0. The van der Waals surface area contributed by atoms with Gasteiger partial charge >= 0.3 is 5.97 Å². The lowest BCUT2D eigenvalue weighted by Gasteiger charge is -2.19. The molecule has 6 heteroatoms. The monoisotopic (exact) mass is 288 g/mol. The average Bonchev–Trinajstić information content (AvgIpc) is 2.36. The second-order valence-electron chi connectivity index (χ2n) is 5.35. The highest BCUT2D eigenvalue weighted by atomic mass is 16.4. The Bertz CT molecular complexity index is 295. The van der Waals surface area contributed by atoms with Gasteiger partial charge < -0.3 is 20.4 Å². The van der Waals surface area contributed by atoms with Gasteiger partial charge in [0.2, 0.25) is 5.91 Å². The van der Waals surface area contributed by atoms with Crippen LogP contribution in [-0.4, -0.2) is 59.3 Å². The quantitative estimate of drug-likeness (QED) is 0.520. The smallest absolute Gasteiger partial charge is 0.326 e. The number of nitrogens with zero attached hydrogens (tertiary/aromatic N) is 1. The number of carbonyl (C=O) groups is 2. The molecule has 0 aliphatic carbocycles. The number of carbonyl (C=O) groups excluding carboxylic acids is 1. The fraction of sp³-hybridized carbons (Fsp3) is 0.857. The van der Waals surface area contributed by atoms with Crippen molar-refractivity contribution in [1.29, 1.82) is 0 Å². The van der Waals surface area contributed by atoms with Gasteiger partial charge in [-0.1, -0.05) is 20.8 Å². The molecule has 0 aromatic rings. The van der Waals surface area contributed by atoms with Crippen LogP contribution in [-0.2, 0) is 9.59 Å². The Kier molecular flexibility index (Phi) is 10.0. The van der Waals surface area contributed by atoms with Crippen molar-refractivity contribution in [2.24, 2.45) is 5.92 Å². The Hall–Kier alpha value is -1.14. The SMILES string of the molecule is CCN(CCO)CCCC(=O)NC(CC(C)C)C(=O)O. The van der Waals surface area contributed by atoms with Gasteiger partial charge in [0.05, 0.1) is 6.61 Å². The fourth-order valence-corrected chi connectivity index (χ4v) is 1.99. The van der Waals surface area contributed by atoms with Crippen molar-refractivity contribution in [3.8, 4) is 0 Å². The topological polar surface area (TPSA) is 89.9 Å². The van der Waals surface area contributed by atoms with Crippen LogP contribution < -0.4 is 5.32 Å². The molecule has 0 spiro atoms. The molecule has 0 aromatic carbocycles. The number of amides is 1. The van der Waals surface area contributed by atoms with E-state index in [1.54, 1.807) is 0 Å². The first-order chi connectivity index (χ1) is 9.40. The number of aliphatic hydroxyl groups excluding tert-OH is 1. The second kappa shape index (κ2) is 10.6. The number of likely N-dealkylation sites (N-methyl/N-ethyl adjacent to an activating group) is 1. The standard InChI is InChI=1S/C14H28N2O4/c1-4-16(8-9-17)7-5-6-13(18)15-12(14(19)20)10-11(2)3/h11-12,17H,4-10H2,1-3H3,(H,15,18)(H,19,20). The van der Waals surface area contributed by atoms with E-state index in [-0.39, 0.29) is 18.4 Å². The Morgan fingerprint density at radius 1 is 1.25 bits per heavy atom. The molecular formula is C14H28N2O4. The highest BCUT2D eigenvalue weighted by molar-refractivity contribution is 5.83. The zero-order valence-corrected chi connectivity index (χ0v) is 12.8. The molecule has 20 heavy (non-hydrogen) atoms. The van der Waals surface area contributed by atoms with Crippen molar-refractivity contribution >= 4 is 11.9 Å². The normalized spacial score (nSPS) is 12.7. The van der Waals surface area contributed by atoms with E-state index in [0.717, 1.165) is 13.1 Å². The number of hydrogen-bond acceptors (Lipinski definition) is 4. The van der Waals surface area contributed by atoms with E-state index in [0.29, 0.717) is 25.8 Å². The zero-order valence-electron chi connectivity index (χ0n) is 12.8. The number of rotatable bonds is 11. The molecule has 1 amide bonds. The third-order valence-corrected chi connectivity index (χ3v) is 3.08. The van der Waals surface area contributed by atoms with E-state index >= 15 is 0 Å². The molecule has 3 N–H and O–H groups in total. The van der Waals surface area contributed by atoms with Crippen LogP contribution in [0.15, 0.2) is 0 Å². The predicted molar refractivity (Wildman–Crippen MR) is 77.5 cm³/mol. The highest BCUT2D eigenvalue weighted by Gasteiger charge is 2.20. The number of nitrogens with one attached hydrogen (secondary N) is 1. The van der Waals surface area contributed by atoms with Crippen LogP contribution >= 0.6 is 0 Å². The molecule has 118 valence electrons. The van der Waals surface area contributed by atoms with Crippen molar-refractivity contribution in [2.75, 3.05) is 26.2 Å². The van der Waals surface area contributed by atoms with E-state index < -0.39 is 12.0 Å². The third kappa shape index (κ3) is 8.87. The maximum atomic E-state index is 11.7. The Morgan fingerprint density at radius 3 is 2.35 bits per heavy atom. The van der Waals surface area contributed by atoms with Gasteiger partial charge in [0.1, 0.15) is 6.04 Å². The van der Waals surface area contributed by atoms with Crippen LogP contribution in [0.4, 0.5) is 0 Å². The maximum absolute atomic E-state index is 11.7. The van der Waals surface area contributed by atoms with E-state index in [1.165, 1.54) is 0 Å². The summed E-state index contributed by atoms with van der Waals surface area (Å²) in [6, 6.07) is -0.803. The highest BCUT2D eigenvalue weighted by Crippen LogP contribution is 2.05. The summed E-state index contributed by atoms with van der Waals surface area (Å²) >= 11 is 0. The van der Waals surface area contributed by atoms with Crippen molar-refractivity contribution < 1.29 is 19.8 Å². The molecule has 1 atom stereocenters. The Labute approximate surface area is 121 Å². The minimum Gasteiger partial charge on any atom is -0.480 e. The summed E-state index contributed by atoms with van der Waals surface area (Å²) in [5.41, 5.74) is 0. The average molecular weight is 288 g/mol. The van der Waals surface area contributed by atoms with Gasteiger partial charge in [-0.25, -0.2) is 4.79 Å². The van der Waals surface area contributed by atoms with Crippen LogP contribution in [0.2, 0.25) is 0 Å². The van der Waals surface area contributed by atoms with Gasteiger partial charge in [-0.3, -0.25) is 4.79 Å². The predicted octanol–water partition coefficient (Wildman–Crippen LogP) is 0.696. The molecule has 0 fully saturated rings. The fourth-order valence-electron chi connectivity index (χ4n) is 1.99. The summed E-state index contributed by atoms with van der Waals surface area (Å²) in [4.78, 5) is 24.8. The minimum absolute atomic E-state index is 0.107. The Morgan fingerprint density at radius 2 is 1.90 bits per heavy atom. The van der Waals surface area contributed by atoms with E-state index in [9.17, 15) is 9.59 Å². The zero-order chi connectivity index (χ0) is 15.5. The molecule has 0 radical (unpaired) electrons. The largest absolute Gasteiger partial charge is 0.480 e. The lowest BCUT2D eigenvalue weighted by molar-refractivity contribution is -0.142. The first kappa shape index (κ1) is 18.9. The minimum atomic E-state index is -0.984. The number of aliphatic hydroxyl groups is 1. The molecule has 0 rings (SSSR count). The molecular weight excluding hydrogens is 260 g/mol. The Balaban J connectivity index is 4.04. The molecule has 0 aliphatic heterocycles. The van der Waals surface area contributed by atoms with Crippen molar-refractivity contribution in [1.82, 2.24) is 10.2 Å². The lowest BCUT2D eigenvalue weighted by atomic mass is 10.0. The molecule has 6 nitrogen and oxygen atoms in total. The lowest BCUT2D eigenvalue weighted by Crippen LogP contribution is -2.41. The summed E-state index contributed by atoms with van der Waals surface area (Å²) in [5.74, 6) is -0.989. The number of carboxylic acid groups (broad SMARTS) is 1. The molecule has 0 aromatic heterocycles. The maximum Gasteiger partial charge on any atom is 0.326 e. The molecule has 1 unspecified atom stereocenters. The van der Waals surface area contributed by atoms with E-state index in [4.69, 9.17) is 10.2 Å². The molecule has 0 aliphatic rings. The summed E-state index contributed by atoms with van der Waals surface area (Å²) in [5, 5.41) is 20.5. The van der Waals surface area contributed by atoms with Crippen LogP contribution in [0.5, 0.6) is 0 Å². The number of carboxylic acids is 1. The van der Waals surface area contributed by atoms with Gasteiger partial charge in [0.15, 0.2) is 0 Å². The van der Waals surface area contributed by atoms with Gasteiger partial charge in [0, 0.05) is 13.0 Å². The van der Waals surface area contributed by atoms with E-state index in [2.05, 4.69) is 10.2 Å². The summed E-state index contributed by atoms with van der Waals surface area (Å²) in [6.07, 6.45) is 1.41. The first-order valence-corrected chi connectivity index (χ1v) is 7.26. The first-order valence-electron chi connectivity index (χ1n) is 7.26. The molecule has 0 heterocycles. The summed E-state index contributed by atoms with van der Waals surface area (Å²) < 4.78 is 0. The summed E-state index contributed by atoms with van der Waals surface area (Å²) in [6.45, 7) is 8.11. The van der Waals surface area contributed by atoms with Gasteiger partial charge in [-0.15, -0.1) is 0 Å². The van der Waals surface area contributed by atoms with Crippen LogP contribution in [0, 0.1) is 5.92 Å². The van der Waals surface area contributed by atoms with Crippen LogP contribution in [0.25, 0.3) is 0 Å². The van der Waals surface area contributed by atoms with Crippen LogP contribution in [0.1, 0.15) is 40.0 Å². The molecule has 0 bridgehead atoms. The van der Waals surface area contributed by atoms with Crippen molar-refractivity contribution in [2.45, 2.75) is 46.1 Å². The number of aliphatic carboxylic acids is 1. The van der Waals surface area contributed by atoms with Gasteiger partial charge in [-0.2, -0.15) is 0 Å². The van der Waals surface area contributed by atoms with Crippen LogP contribution in [0.3, 0.4) is 0 Å². The third-order valence-electron chi connectivity index (χ3n) is 3.08. The van der Waals surface area contributed by atoms with Gasteiger partial charge in [0.25, 0.3) is 0 Å². The van der Waals surface area contributed by atoms with Gasteiger partial charge in [-0.05, 0) is 31.8 Å². The van der Waals surface area contributed by atoms with Crippen molar-refractivity contribution in [3.05, 3.63) is 0 Å². The van der Waals surface area contributed by atoms with Crippen molar-refractivity contribution in [3.63, 3.8) is 0 Å². The number of hydrogen-bond donors (Lipinski definition) is 3. The van der Waals surface area contributed by atoms with E-state index in [1.807, 2.05) is 20.8 Å². The second-order valence-corrected chi connectivity index (χ2v) is 5.35. The molecule has 0 saturated carbocycles.